The molecule has 0 aromatic heterocycles. The fraction of sp³-hybridized carbons (Fsp3) is 0.360. The van der Waals surface area contributed by atoms with Gasteiger partial charge in [-0.3, -0.25) is 0 Å². The number of aliphatic carboxylic acids is 1. The van der Waals surface area contributed by atoms with Gasteiger partial charge in [-0.2, -0.15) is 0 Å². The van der Waals surface area contributed by atoms with Crippen LogP contribution in [0.5, 0.6) is 0 Å². The maximum absolute atomic E-state index is 12.4. The maximum Gasteiger partial charge on any atom is 0.407 e. The molecule has 0 aliphatic rings. The number of alkyl carbamates (subject to hydrolysis) is 1. The molecule has 0 spiro atoms. The van der Waals surface area contributed by atoms with Crippen molar-refractivity contribution >= 4 is 24.1 Å². The topological polar surface area (TPSA) is 143 Å². The Morgan fingerprint density at radius 2 is 1.46 bits per heavy atom. The van der Waals surface area contributed by atoms with Gasteiger partial charge < -0.3 is 30.5 Å². The van der Waals surface area contributed by atoms with Crippen LogP contribution in [0.2, 0.25) is 0 Å². The summed E-state index contributed by atoms with van der Waals surface area (Å²) in [6.07, 6.45) is 0.818. The molecule has 0 unspecified atom stereocenters. The van der Waals surface area contributed by atoms with Crippen molar-refractivity contribution in [1.82, 2.24) is 16.0 Å². The monoisotopic (exact) mass is 485 g/mol. The maximum atomic E-state index is 12.4. The lowest BCUT2D eigenvalue weighted by Gasteiger charge is -2.20. The number of carboxylic acid groups (broad SMARTS) is 1. The van der Waals surface area contributed by atoms with E-state index in [0.717, 1.165) is 11.1 Å². The molecule has 188 valence electrons. The summed E-state index contributed by atoms with van der Waals surface area (Å²) in [6, 6.07) is 15.3. The van der Waals surface area contributed by atoms with Crippen LogP contribution in [0.3, 0.4) is 0 Å². The fourth-order valence-electron chi connectivity index (χ4n) is 3.24. The summed E-state index contributed by atoms with van der Waals surface area (Å²) >= 11 is 0. The van der Waals surface area contributed by atoms with Crippen LogP contribution in [0.15, 0.2) is 60.7 Å². The lowest BCUT2D eigenvalue weighted by molar-refractivity contribution is -0.143. The third-order valence-corrected chi connectivity index (χ3v) is 5.08. The summed E-state index contributed by atoms with van der Waals surface area (Å²) in [5.74, 6) is -1.84. The molecular formula is C25H31N3O7. The molecule has 0 bridgehead atoms. The number of carbonyl (C=O) groups excluding carboxylic acids is 3. The molecule has 2 rings (SSSR count). The number of carbonyl (C=O) groups is 4. The number of benzene rings is 2. The van der Waals surface area contributed by atoms with Gasteiger partial charge in [-0.25, -0.2) is 19.2 Å². The Bertz CT molecular complexity index is 954. The van der Waals surface area contributed by atoms with Crippen LogP contribution in [0.1, 0.15) is 30.4 Å². The Morgan fingerprint density at radius 3 is 2.06 bits per heavy atom. The summed E-state index contributed by atoms with van der Waals surface area (Å²) < 4.78 is 9.87. The van der Waals surface area contributed by atoms with Crippen molar-refractivity contribution < 1.29 is 33.8 Å². The Kier molecular flexibility index (Phi) is 11.6. The quantitative estimate of drug-likeness (QED) is 0.252. The molecule has 0 heterocycles. The summed E-state index contributed by atoms with van der Waals surface area (Å²) in [7, 11) is 1.20. The van der Waals surface area contributed by atoms with E-state index in [-0.39, 0.29) is 19.4 Å². The van der Waals surface area contributed by atoms with E-state index in [4.69, 9.17) is 9.47 Å². The zero-order chi connectivity index (χ0) is 25.5. The first-order chi connectivity index (χ1) is 16.9. The van der Waals surface area contributed by atoms with Gasteiger partial charge in [0.2, 0.25) is 0 Å². The number of nitrogens with one attached hydrogen (secondary N) is 3. The van der Waals surface area contributed by atoms with Crippen molar-refractivity contribution in [2.45, 2.75) is 44.4 Å². The van der Waals surface area contributed by atoms with Crippen molar-refractivity contribution in [3.05, 3.63) is 71.8 Å². The van der Waals surface area contributed by atoms with Crippen molar-refractivity contribution in [2.24, 2.45) is 0 Å². The minimum Gasteiger partial charge on any atom is -0.480 e. The number of unbranched alkanes of at least 4 members (excludes halogenated alkanes) is 1. The van der Waals surface area contributed by atoms with E-state index in [1.807, 2.05) is 36.4 Å². The van der Waals surface area contributed by atoms with Crippen LogP contribution in [0.4, 0.5) is 9.59 Å². The highest BCUT2D eigenvalue weighted by atomic mass is 16.5. The van der Waals surface area contributed by atoms with Gasteiger partial charge in [0.05, 0.1) is 7.11 Å². The van der Waals surface area contributed by atoms with E-state index in [0.29, 0.717) is 19.4 Å². The van der Waals surface area contributed by atoms with Crippen molar-refractivity contribution in [3.8, 4) is 0 Å². The first-order valence-corrected chi connectivity index (χ1v) is 11.2. The van der Waals surface area contributed by atoms with E-state index in [9.17, 15) is 24.3 Å². The Labute approximate surface area is 204 Å². The number of hydrogen-bond donors (Lipinski definition) is 4. The SMILES string of the molecule is COC(=O)[C@H](CCCCNC(=O)OCc1ccccc1)NC(=O)N[C@@H](Cc1ccccc1)C(=O)O. The minimum atomic E-state index is -1.19. The van der Waals surface area contributed by atoms with Gasteiger partial charge in [-0.15, -0.1) is 0 Å². The molecular weight excluding hydrogens is 454 g/mol. The number of carboxylic acids is 1. The second kappa shape index (κ2) is 14.9. The predicted octanol–water partition coefficient (Wildman–Crippen LogP) is 2.62. The van der Waals surface area contributed by atoms with Crippen molar-refractivity contribution in [3.63, 3.8) is 0 Å². The molecule has 10 heteroatoms. The second-order valence-electron chi connectivity index (χ2n) is 7.76. The van der Waals surface area contributed by atoms with Crippen LogP contribution in [-0.2, 0) is 32.1 Å². The minimum absolute atomic E-state index is 0.0958. The summed E-state index contributed by atoms with van der Waals surface area (Å²) in [4.78, 5) is 47.8. The first kappa shape index (κ1) is 27.2. The third-order valence-electron chi connectivity index (χ3n) is 5.08. The van der Waals surface area contributed by atoms with E-state index < -0.39 is 36.1 Å². The molecule has 3 amide bonds. The van der Waals surface area contributed by atoms with Crippen LogP contribution < -0.4 is 16.0 Å². The molecule has 2 aromatic carbocycles. The van der Waals surface area contributed by atoms with Gasteiger partial charge in [0.25, 0.3) is 0 Å². The smallest absolute Gasteiger partial charge is 0.407 e. The molecule has 0 radical (unpaired) electrons. The number of urea groups is 1. The van der Waals surface area contributed by atoms with Gasteiger partial charge in [0, 0.05) is 13.0 Å². The fourth-order valence-corrected chi connectivity index (χ4v) is 3.24. The molecule has 0 aliphatic carbocycles. The molecule has 0 fully saturated rings. The Hall–Kier alpha value is -4.08. The van der Waals surface area contributed by atoms with E-state index in [1.165, 1.54) is 7.11 Å². The Morgan fingerprint density at radius 1 is 0.857 bits per heavy atom. The van der Waals surface area contributed by atoms with Crippen LogP contribution in [0, 0.1) is 0 Å². The molecule has 0 saturated carbocycles. The number of ether oxygens (including phenoxy) is 2. The summed E-state index contributed by atoms with van der Waals surface area (Å²) in [6.45, 7) is 0.490. The highest BCUT2D eigenvalue weighted by Crippen LogP contribution is 2.06. The van der Waals surface area contributed by atoms with Crippen LogP contribution >= 0.6 is 0 Å². The van der Waals surface area contributed by atoms with Crippen molar-refractivity contribution in [2.75, 3.05) is 13.7 Å². The van der Waals surface area contributed by atoms with Gasteiger partial charge in [-0.1, -0.05) is 60.7 Å². The zero-order valence-corrected chi connectivity index (χ0v) is 19.6. The zero-order valence-electron chi connectivity index (χ0n) is 19.6. The molecule has 2 atom stereocenters. The predicted molar refractivity (Wildman–Crippen MR) is 128 cm³/mol. The van der Waals surface area contributed by atoms with E-state index >= 15 is 0 Å². The average molecular weight is 486 g/mol. The molecule has 4 N–H and O–H groups in total. The number of hydrogen-bond acceptors (Lipinski definition) is 6. The van der Waals surface area contributed by atoms with Crippen molar-refractivity contribution in [1.29, 1.82) is 0 Å². The van der Waals surface area contributed by atoms with Crippen LogP contribution in [0.25, 0.3) is 0 Å². The van der Waals surface area contributed by atoms with Gasteiger partial charge in [0.1, 0.15) is 18.7 Å². The van der Waals surface area contributed by atoms with Crippen LogP contribution in [-0.4, -0.2) is 54.9 Å². The first-order valence-electron chi connectivity index (χ1n) is 11.2. The second-order valence-corrected chi connectivity index (χ2v) is 7.76. The summed E-state index contributed by atoms with van der Waals surface area (Å²) in [5, 5.41) is 16.9. The number of esters is 1. The highest BCUT2D eigenvalue weighted by Gasteiger charge is 2.25. The largest absolute Gasteiger partial charge is 0.480 e. The normalized spacial score (nSPS) is 12.0. The van der Waals surface area contributed by atoms with Gasteiger partial charge in [-0.05, 0) is 30.4 Å². The molecule has 2 aromatic rings. The lowest BCUT2D eigenvalue weighted by Crippen LogP contribution is -2.52. The van der Waals surface area contributed by atoms with E-state index in [1.54, 1.807) is 24.3 Å². The van der Waals surface area contributed by atoms with E-state index in [2.05, 4.69) is 16.0 Å². The molecule has 0 aliphatic heterocycles. The highest BCUT2D eigenvalue weighted by molar-refractivity contribution is 5.86. The summed E-state index contributed by atoms with van der Waals surface area (Å²) in [5.41, 5.74) is 1.63. The van der Waals surface area contributed by atoms with Gasteiger partial charge in [0.15, 0.2) is 0 Å². The standard InChI is InChI=1S/C25H31N3O7/c1-34-23(31)20(14-8-9-15-26-25(33)35-17-19-12-6-3-7-13-19)27-24(32)28-21(22(29)30)16-18-10-4-2-5-11-18/h2-7,10-13,20-21H,8-9,14-17H2,1H3,(H,26,33)(H,29,30)(H2,27,28,32)/t20-,21-/m0/s1. The molecule has 0 saturated heterocycles. The molecule has 10 nitrogen and oxygen atoms in total. The molecule has 35 heavy (non-hydrogen) atoms. The lowest BCUT2D eigenvalue weighted by atomic mass is 10.1. The average Bonchev–Trinajstić information content (AvgIpc) is 2.86. The number of rotatable bonds is 13. The Balaban J connectivity index is 1.73. The third kappa shape index (κ3) is 10.6. The number of methoxy groups -OCH3 is 1. The van der Waals surface area contributed by atoms with Gasteiger partial charge >= 0.3 is 24.1 Å². The number of amides is 3.